The number of likely N-dealkylation sites (N-methyl/N-ethyl adjacent to an activating group) is 1. The van der Waals surface area contributed by atoms with Gasteiger partial charge < -0.3 is 15.5 Å². The van der Waals surface area contributed by atoms with E-state index in [1.807, 2.05) is 6.20 Å². The minimum atomic E-state index is 0.605. The molecule has 1 aromatic heterocycles. The molecule has 0 aliphatic carbocycles. The molecule has 0 amide bonds. The van der Waals surface area contributed by atoms with Gasteiger partial charge in [-0.2, -0.15) is 5.10 Å². The van der Waals surface area contributed by atoms with Crippen molar-refractivity contribution in [2.45, 2.75) is 33.2 Å². The highest BCUT2D eigenvalue weighted by Crippen LogP contribution is 2.36. The smallest absolute Gasteiger partial charge is 0.0965 e. The fourth-order valence-electron chi connectivity index (χ4n) is 3.65. The van der Waals surface area contributed by atoms with Gasteiger partial charge in [-0.3, -0.25) is 5.10 Å². The third kappa shape index (κ3) is 4.00. The van der Waals surface area contributed by atoms with E-state index in [1.165, 1.54) is 28.1 Å². The Labute approximate surface area is 156 Å². The molecular formula is C21H31N5. The number of nitrogens with one attached hydrogen (secondary N) is 1. The summed E-state index contributed by atoms with van der Waals surface area (Å²) in [6.07, 6.45) is 4.06. The number of hydrogen-bond acceptors (Lipinski definition) is 4. The van der Waals surface area contributed by atoms with Crippen LogP contribution in [0.2, 0.25) is 0 Å². The maximum absolute atomic E-state index is 5.67. The summed E-state index contributed by atoms with van der Waals surface area (Å²) in [5, 5.41) is 7.55. The average molecular weight is 354 g/mol. The molecule has 1 aliphatic heterocycles. The molecule has 26 heavy (non-hydrogen) atoms. The lowest BCUT2D eigenvalue weighted by Crippen LogP contribution is -2.30. The molecule has 0 fully saturated rings. The first-order chi connectivity index (χ1) is 12.5. The van der Waals surface area contributed by atoms with Crippen LogP contribution in [-0.4, -0.2) is 41.8 Å². The molecule has 0 unspecified atom stereocenters. The highest BCUT2D eigenvalue weighted by molar-refractivity contribution is 5.70. The summed E-state index contributed by atoms with van der Waals surface area (Å²) in [5.74, 6) is 0.605. The van der Waals surface area contributed by atoms with E-state index in [0.717, 1.165) is 38.2 Å². The summed E-state index contributed by atoms with van der Waals surface area (Å²) in [6, 6.07) is 6.73. The minimum absolute atomic E-state index is 0.605. The van der Waals surface area contributed by atoms with Crippen LogP contribution in [-0.2, 0) is 13.0 Å². The second-order valence-electron chi connectivity index (χ2n) is 7.70. The van der Waals surface area contributed by atoms with Crippen molar-refractivity contribution in [3.8, 4) is 11.3 Å². The third-order valence-electron chi connectivity index (χ3n) is 4.93. The molecule has 0 atom stereocenters. The number of nitrogens with zero attached hydrogens (tertiary/aromatic N) is 3. The van der Waals surface area contributed by atoms with Crippen molar-refractivity contribution in [1.82, 2.24) is 15.1 Å². The molecule has 3 N–H and O–H groups in total. The molecular weight excluding hydrogens is 322 g/mol. The number of aryl methyl sites for hydroxylation is 1. The van der Waals surface area contributed by atoms with Crippen molar-refractivity contribution >= 4 is 5.69 Å². The van der Waals surface area contributed by atoms with Gasteiger partial charge in [0.05, 0.1) is 5.69 Å². The topological polar surface area (TPSA) is 61.2 Å². The number of rotatable bonds is 7. The first-order valence-electron chi connectivity index (χ1n) is 9.49. The number of nitrogens with two attached hydrogens (primary N) is 1. The van der Waals surface area contributed by atoms with Gasteiger partial charge in [0.1, 0.15) is 0 Å². The zero-order valence-electron chi connectivity index (χ0n) is 16.3. The van der Waals surface area contributed by atoms with Crippen LogP contribution < -0.4 is 10.6 Å². The number of H-pyrrole nitrogens is 1. The van der Waals surface area contributed by atoms with Crippen molar-refractivity contribution in [1.29, 1.82) is 0 Å². The average Bonchev–Trinajstić information content (AvgIpc) is 3.05. The second-order valence-corrected chi connectivity index (χ2v) is 7.70. The summed E-state index contributed by atoms with van der Waals surface area (Å²) in [5.41, 5.74) is 13.0. The molecule has 0 spiro atoms. The van der Waals surface area contributed by atoms with E-state index in [4.69, 9.17) is 5.73 Å². The van der Waals surface area contributed by atoms with E-state index < -0.39 is 0 Å². The van der Waals surface area contributed by atoms with Crippen LogP contribution in [0.3, 0.4) is 0 Å². The second kappa shape index (κ2) is 8.06. The van der Waals surface area contributed by atoms with Crippen molar-refractivity contribution in [2.75, 3.05) is 31.6 Å². The Morgan fingerprint density at radius 1 is 1.35 bits per heavy atom. The summed E-state index contributed by atoms with van der Waals surface area (Å²) < 4.78 is 0. The fourth-order valence-corrected chi connectivity index (χ4v) is 3.65. The number of fused-ring (bicyclic) bond motifs is 1. The van der Waals surface area contributed by atoms with Crippen LogP contribution in [0.15, 0.2) is 36.7 Å². The standard InChI is InChI=1S/C21H31N5/c1-15(2)13-26-16(3)5-6-17-11-18(7-8-20(17)26)21-19(12-23-24-21)14-25(4)10-9-22/h7-8,11-12,15H,3,5-6,9-10,13-14,22H2,1-2,4H3,(H,23,24). The molecule has 1 aliphatic rings. The van der Waals surface area contributed by atoms with Gasteiger partial charge in [0.25, 0.3) is 0 Å². The number of aromatic nitrogens is 2. The lowest BCUT2D eigenvalue weighted by atomic mass is 9.95. The maximum Gasteiger partial charge on any atom is 0.0965 e. The van der Waals surface area contributed by atoms with Crippen molar-refractivity contribution < 1.29 is 0 Å². The highest BCUT2D eigenvalue weighted by Gasteiger charge is 2.22. The number of allylic oxidation sites excluding steroid dienone is 1. The monoisotopic (exact) mass is 353 g/mol. The Bertz CT molecular complexity index is 762. The van der Waals surface area contributed by atoms with E-state index in [9.17, 15) is 0 Å². The zero-order chi connectivity index (χ0) is 18.7. The molecule has 1 aromatic carbocycles. The van der Waals surface area contributed by atoms with Crippen LogP contribution in [0.25, 0.3) is 11.3 Å². The normalized spacial score (nSPS) is 14.4. The molecule has 5 heteroatoms. The summed E-state index contributed by atoms with van der Waals surface area (Å²) >= 11 is 0. The van der Waals surface area contributed by atoms with E-state index in [2.05, 4.69) is 65.7 Å². The highest BCUT2D eigenvalue weighted by atomic mass is 15.2. The predicted octanol–water partition coefficient (Wildman–Crippen LogP) is 3.39. The Balaban J connectivity index is 1.88. The van der Waals surface area contributed by atoms with Crippen molar-refractivity contribution in [3.05, 3.63) is 47.8 Å². The van der Waals surface area contributed by atoms with Gasteiger partial charge in [-0.1, -0.05) is 26.5 Å². The largest absolute Gasteiger partial charge is 0.345 e. The van der Waals surface area contributed by atoms with Crippen LogP contribution in [0.4, 0.5) is 5.69 Å². The number of hydrogen-bond donors (Lipinski definition) is 2. The van der Waals surface area contributed by atoms with Gasteiger partial charge in [-0.05, 0) is 43.5 Å². The van der Waals surface area contributed by atoms with Crippen molar-refractivity contribution in [2.24, 2.45) is 11.7 Å². The first kappa shape index (κ1) is 18.7. The van der Waals surface area contributed by atoms with Gasteiger partial charge in [-0.15, -0.1) is 0 Å². The van der Waals surface area contributed by atoms with E-state index in [-0.39, 0.29) is 0 Å². The van der Waals surface area contributed by atoms with Gasteiger partial charge in [-0.25, -0.2) is 0 Å². The van der Waals surface area contributed by atoms with Gasteiger partial charge in [0.2, 0.25) is 0 Å². The summed E-state index contributed by atoms with van der Waals surface area (Å²) in [7, 11) is 2.09. The van der Waals surface area contributed by atoms with E-state index in [0.29, 0.717) is 12.5 Å². The Kier molecular flexibility index (Phi) is 5.79. The minimum Gasteiger partial charge on any atom is -0.345 e. The third-order valence-corrected chi connectivity index (χ3v) is 4.93. The Hall–Kier alpha value is -2.11. The molecule has 3 rings (SSSR count). The van der Waals surface area contributed by atoms with Gasteiger partial charge >= 0.3 is 0 Å². The molecule has 140 valence electrons. The SMILES string of the molecule is C=C1CCc2cc(-c3n[nH]cc3CN(C)CCN)ccc2N1CC(C)C. The number of benzene rings is 1. The van der Waals surface area contributed by atoms with Gasteiger partial charge in [0, 0.05) is 54.9 Å². The molecule has 2 aromatic rings. The van der Waals surface area contributed by atoms with Crippen molar-refractivity contribution in [3.63, 3.8) is 0 Å². The lowest BCUT2D eigenvalue weighted by molar-refractivity contribution is 0.337. The van der Waals surface area contributed by atoms with E-state index in [1.54, 1.807) is 0 Å². The van der Waals surface area contributed by atoms with Crippen LogP contribution in [0.1, 0.15) is 31.4 Å². The maximum atomic E-state index is 5.67. The molecule has 0 saturated carbocycles. The molecule has 2 heterocycles. The van der Waals surface area contributed by atoms with Crippen LogP contribution >= 0.6 is 0 Å². The molecule has 0 radical (unpaired) electrons. The summed E-state index contributed by atoms with van der Waals surface area (Å²) in [4.78, 5) is 4.61. The molecule has 0 saturated heterocycles. The molecule has 0 bridgehead atoms. The quantitative estimate of drug-likeness (QED) is 0.801. The zero-order valence-corrected chi connectivity index (χ0v) is 16.3. The molecule has 5 nitrogen and oxygen atoms in total. The number of aromatic amines is 1. The fraction of sp³-hybridized carbons (Fsp3) is 0.476. The van der Waals surface area contributed by atoms with Crippen LogP contribution in [0, 0.1) is 5.92 Å². The predicted molar refractivity (Wildman–Crippen MR) is 109 cm³/mol. The number of anilines is 1. The van der Waals surface area contributed by atoms with Gasteiger partial charge in [0.15, 0.2) is 0 Å². The Morgan fingerprint density at radius 2 is 2.15 bits per heavy atom. The van der Waals surface area contributed by atoms with E-state index >= 15 is 0 Å². The van der Waals surface area contributed by atoms with Crippen LogP contribution in [0.5, 0.6) is 0 Å². The lowest BCUT2D eigenvalue weighted by Gasteiger charge is -2.34. The summed E-state index contributed by atoms with van der Waals surface area (Å²) in [6.45, 7) is 12.2. The first-order valence-corrected chi connectivity index (χ1v) is 9.49. The Morgan fingerprint density at radius 3 is 2.88 bits per heavy atom.